The number of hydrazone groups is 1. The molecule has 0 aromatic heterocycles. The van der Waals surface area contributed by atoms with Crippen LogP contribution in [0.4, 0.5) is 4.39 Å². The van der Waals surface area contributed by atoms with E-state index in [4.69, 9.17) is 0 Å². The summed E-state index contributed by atoms with van der Waals surface area (Å²) < 4.78 is 12.9. The normalized spacial score (nSPS) is 11.3. The standard InChI is InChI=1S/C17H17FN2O/c1-3-16(13-8-10-14(18)11-9-13)19-20-17(21)15-7-5-4-6-12(15)2/h4-11H,3H2,1-2H3,(H,20,21)/b19-16-. The van der Waals surface area contributed by atoms with Crippen molar-refractivity contribution in [2.45, 2.75) is 20.3 Å². The molecule has 4 heteroatoms. The van der Waals surface area contributed by atoms with Crippen molar-refractivity contribution < 1.29 is 9.18 Å². The van der Waals surface area contributed by atoms with Crippen LogP contribution in [0.1, 0.15) is 34.8 Å². The maximum Gasteiger partial charge on any atom is 0.271 e. The van der Waals surface area contributed by atoms with E-state index in [-0.39, 0.29) is 11.7 Å². The third-order valence-electron chi connectivity index (χ3n) is 3.19. The minimum atomic E-state index is -0.293. The molecule has 0 spiro atoms. The fourth-order valence-electron chi connectivity index (χ4n) is 2.00. The van der Waals surface area contributed by atoms with E-state index in [2.05, 4.69) is 10.5 Å². The zero-order chi connectivity index (χ0) is 15.2. The topological polar surface area (TPSA) is 41.5 Å². The summed E-state index contributed by atoms with van der Waals surface area (Å²) in [5.41, 5.74) is 5.55. The minimum absolute atomic E-state index is 0.249. The quantitative estimate of drug-likeness (QED) is 0.675. The van der Waals surface area contributed by atoms with Gasteiger partial charge in [-0.2, -0.15) is 5.10 Å². The molecule has 0 saturated heterocycles. The summed E-state index contributed by atoms with van der Waals surface area (Å²) in [6.07, 6.45) is 0.639. The SMILES string of the molecule is CC/C(=N/NC(=O)c1ccccc1C)c1ccc(F)cc1. The Bertz CT molecular complexity index is 663. The first-order chi connectivity index (χ1) is 10.1. The smallest absolute Gasteiger partial charge is 0.267 e. The monoisotopic (exact) mass is 284 g/mol. The number of nitrogens with zero attached hydrogens (tertiary/aromatic N) is 1. The van der Waals surface area contributed by atoms with Crippen molar-refractivity contribution in [2.75, 3.05) is 0 Å². The predicted octanol–water partition coefficient (Wildman–Crippen LogP) is 3.68. The molecule has 108 valence electrons. The lowest BCUT2D eigenvalue weighted by molar-refractivity contribution is 0.0954. The van der Waals surface area contributed by atoms with Crippen molar-refractivity contribution in [2.24, 2.45) is 5.10 Å². The highest BCUT2D eigenvalue weighted by atomic mass is 19.1. The van der Waals surface area contributed by atoms with Crippen LogP contribution in [0.5, 0.6) is 0 Å². The summed E-state index contributed by atoms with van der Waals surface area (Å²) in [6.45, 7) is 3.81. The Morgan fingerprint density at radius 3 is 2.43 bits per heavy atom. The second kappa shape index (κ2) is 6.79. The van der Waals surface area contributed by atoms with Gasteiger partial charge in [0.05, 0.1) is 5.71 Å². The van der Waals surface area contributed by atoms with Crippen LogP contribution in [0, 0.1) is 12.7 Å². The summed E-state index contributed by atoms with van der Waals surface area (Å²) in [7, 11) is 0. The third kappa shape index (κ3) is 3.75. The zero-order valence-corrected chi connectivity index (χ0v) is 12.1. The van der Waals surface area contributed by atoms with E-state index in [1.54, 1.807) is 18.2 Å². The second-order valence-electron chi connectivity index (χ2n) is 4.67. The lowest BCUT2D eigenvalue weighted by Crippen LogP contribution is -2.20. The molecule has 2 aromatic carbocycles. The Morgan fingerprint density at radius 2 is 1.81 bits per heavy atom. The second-order valence-corrected chi connectivity index (χ2v) is 4.67. The van der Waals surface area contributed by atoms with Gasteiger partial charge in [-0.3, -0.25) is 4.79 Å². The van der Waals surface area contributed by atoms with E-state index in [9.17, 15) is 9.18 Å². The summed E-state index contributed by atoms with van der Waals surface area (Å²) in [5.74, 6) is -0.542. The molecule has 0 unspecified atom stereocenters. The van der Waals surface area contributed by atoms with Crippen molar-refractivity contribution in [1.29, 1.82) is 0 Å². The number of hydrogen-bond donors (Lipinski definition) is 1. The van der Waals surface area contributed by atoms with Gasteiger partial charge in [0.15, 0.2) is 0 Å². The number of hydrogen-bond acceptors (Lipinski definition) is 2. The molecule has 0 radical (unpaired) electrons. The number of rotatable bonds is 4. The van der Waals surface area contributed by atoms with Gasteiger partial charge in [0.25, 0.3) is 5.91 Å². The number of amides is 1. The fraction of sp³-hybridized carbons (Fsp3) is 0.176. The van der Waals surface area contributed by atoms with Crippen LogP contribution in [0.25, 0.3) is 0 Å². The highest BCUT2D eigenvalue weighted by molar-refractivity contribution is 6.02. The number of aryl methyl sites for hydroxylation is 1. The Kier molecular flexibility index (Phi) is 4.82. The van der Waals surface area contributed by atoms with Gasteiger partial charge in [0.1, 0.15) is 5.82 Å². The molecule has 0 bridgehead atoms. The maximum atomic E-state index is 12.9. The number of benzene rings is 2. The van der Waals surface area contributed by atoms with Crippen molar-refractivity contribution >= 4 is 11.6 Å². The first-order valence-corrected chi connectivity index (χ1v) is 6.80. The molecule has 2 aromatic rings. The molecule has 0 aliphatic carbocycles. The molecular formula is C17H17FN2O. The Hall–Kier alpha value is -2.49. The van der Waals surface area contributed by atoms with Crippen LogP contribution in [0.3, 0.4) is 0 Å². The summed E-state index contributed by atoms with van der Waals surface area (Å²) in [6, 6.07) is 13.4. The van der Waals surface area contributed by atoms with Gasteiger partial charge in [-0.05, 0) is 42.7 Å². The van der Waals surface area contributed by atoms with Crippen molar-refractivity contribution in [3.05, 3.63) is 71.0 Å². The first kappa shape index (κ1) is 14.9. The van der Waals surface area contributed by atoms with Crippen molar-refractivity contribution in [1.82, 2.24) is 5.43 Å². The maximum absolute atomic E-state index is 12.9. The summed E-state index contributed by atoms with van der Waals surface area (Å²) in [5, 5.41) is 4.15. The Labute approximate surface area is 123 Å². The molecule has 0 aliphatic rings. The molecule has 1 amide bonds. The zero-order valence-electron chi connectivity index (χ0n) is 12.1. The fourth-order valence-corrected chi connectivity index (χ4v) is 2.00. The highest BCUT2D eigenvalue weighted by Gasteiger charge is 2.08. The first-order valence-electron chi connectivity index (χ1n) is 6.80. The van der Waals surface area contributed by atoms with E-state index in [1.165, 1.54) is 12.1 Å². The van der Waals surface area contributed by atoms with Crippen LogP contribution in [-0.4, -0.2) is 11.6 Å². The molecule has 0 saturated carbocycles. The lowest BCUT2D eigenvalue weighted by Gasteiger charge is -2.07. The van der Waals surface area contributed by atoms with Crippen LogP contribution < -0.4 is 5.43 Å². The third-order valence-corrected chi connectivity index (χ3v) is 3.19. The average molecular weight is 284 g/mol. The van der Waals surface area contributed by atoms with Gasteiger partial charge in [-0.25, -0.2) is 9.82 Å². The van der Waals surface area contributed by atoms with Crippen LogP contribution in [0.15, 0.2) is 53.6 Å². The molecule has 3 nitrogen and oxygen atoms in total. The van der Waals surface area contributed by atoms with Crippen molar-refractivity contribution in [3.8, 4) is 0 Å². The van der Waals surface area contributed by atoms with Crippen LogP contribution in [-0.2, 0) is 0 Å². The number of nitrogens with one attached hydrogen (secondary N) is 1. The number of halogens is 1. The van der Waals surface area contributed by atoms with E-state index < -0.39 is 0 Å². The van der Waals surface area contributed by atoms with E-state index in [1.807, 2.05) is 32.0 Å². The van der Waals surface area contributed by atoms with E-state index >= 15 is 0 Å². The molecule has 2 rings (SSSR count). The molecule has 0 aliphatic heterocycles. The molecule has 0 atom stereocenters. The number of carbonyl (C=O) groups is 1. The average Bonchev–Trinajstić information content (AvgIpc) is 2.49. The van der Waals surface area contributed by atoms with E-state index in [0.717, 1.165) is 11.1 Å². The van der Waals surface area contributed by atoms with Crippen LogP contribution >= 0.6 is 0 Å². The van der Waals surface area contributed by atoms with Gasteiger partial charge in [-0.1, -0.05) is 37.3 Å². The summed E-state index contributed by atoms with van der Waals surface area (Å²) in [4.78, 5) is 12.1. The van der Waals surface area contributed by atoms with Gasteiger partial charge in [0, 0.05) is 5.56 Å². The molecule has 0 fully saturated rings. The van der Waals surface area contributed by atoms with Gasteiger partial charge < -0.3 is 0 Å². The number of carbonyl (C=O) groups excluding carboxylic acids is 1. The summed E-state index contributed by atoms with van der Waals surface area (Å²) >= 11 is 0. The molecule has 0 heterocycles. The molecule has 1 N–H and O–H groups in total. The highest BCUT2D eigenvalue weighted by Crippen LogP contribution is 2.08. The van der Waals surface area contributed by atoms with Gasteiger partial charge in [0.2, 0.25) is 0 Å². The largest absolute Gasteiger partial charge is 0.271 e. The van der Waals surface area contributed by atoms with Crippen LogP contribution in [0.2, 0.25) is 0 Å². The Balaban J connectivity index is 2.16. The lowest BCUT2D eigenvalue weighted by atomic mass is 10.1. The minimum Gasteiger partial charge on any atom is -0.267 e. The Morgan fingerprint density at radius 1 is 1.14 bits per heavy atom. The molecular weight excluding hydrogens is 267 g/mol. The van der Waals surface area contributed by atoms with Crippen molar-refractivity contribution in [3.63, 3.8) is 0 Å². The van der Waals surface area contributed by atoms with Gasteiger partial charge >= 0.3 is 0 Å². The predicted molar refractivity (Wildman–Crippen MR) is 81.9 cm³/mol. The van der Waals surface area contributed by atoms with Gasteiger partial charge in [-0.15, -0.1) is 0 Å². The van der Waals surface area contributed by atoms with E-state index in [0.29, 0.717) is 17.7 Å². The molecule has 21 heavy (non-hydrogen) atoms.